The van der Waals surface area contributed by atoms with E-state index in [0.29, 0.717) is 5.56 Å². The van der Waals surface area contributed by atoms with Gasteiger partial charge in [0, 0.05) is 5.56 Å². The SMILES string of the molecule is Fc1ccccc1Oc1c(F)cccc1CCl. The first-order valence-corrected chi connectivity index (χ1v) is 5.51. The molecule has 0 radical (unpaired) electrons. The Morgan fingerprint density at radius 1 is 0.941 bits per heavy atom. The summed E-state index contributed by atoms with van der Waals surface area (Å²) in [5, 5.41) is 0. The number of ether oxygens (including phenoxy) is 1. The molecule has 0 heterocycles. The van der Waals surface area contributed by atoms with E-state index in [0.717, 1.165) is 0 Å². The molecule has 1 nitrogen and oxygen atoms in total. The summed E-state index contributed by atoms with van der Waals surface area (Å²) in [6.07, 6.45) is 0. The average Bonchev–Trinajstić information content (AvgIpc) is 2.34. The van der Waals surface area contributed by atoms with Crippen LogP contribution in [0.1, 0.15) is 5.56 Å². The summed E-state index contributed by atoms with van der Waals surface area (Å²) < 4.78 is 32.1. The molecule has 0 aliphatic rings. The van der Waals surface area contributed by atoms with Crippen LogP contribution in [0.5, 0.6) is 11.5 Å². The molecule has 0 aliphatic carbocycles. The molecule has 2 aromatic rings. The second kappa shape index (κ2) is 5.15. The second-order valence-electron chi connectivity index (χ2n) is 3.39. The maximum Gasteiger partial charge on any atom is 0.167 e. The molecule has 0 amide bonds. The number of halogens is 3. The quantitative estimate of drug-likeness (QED) is 0.733. The van der Waals surface area contributed by atoms with Gasteiger partial charge in [0.2, 0.25) is 0 Å². The molecule has 0 aliphatic heterocycles. The molecular formula is C13H9ClF2O. The lowest BCUT2D eigenvalue weighted by Crippen LogP contribution is -1.95. The predicted molar refractivity (Wildman–Crippen MR) is 62.4 cm³/mol. The molecular weight excluding hydrogens is 246 g/mol. The third-order valence-electron chi connectivity index (χ3n) is 2.24. The largest absolute Gasteiger partial charge is 0.451 e. The van der Waals surface area contributed by atoms with Gasteiger partial charge in [0.1, 0.15) is 0 Å². The van der Waals surface area contributed by atoms with E-state index in [2.05, 4.69) is 0 Å². The Bertz CT molecular complexity index is 529. The normalized spacial score (nSPS) is 10.3. The van der Waals surface area contributed by atoms with Crippen molar-refractivity contribution in [3.05, 3.63) is 59.7 Å². The lowest BCUT2D eigenvalue weighted by molar-refractivity contribution is 0.411. The van der Waals surface area contributed by atoms with Crippen LogP contribution in [0.2, 0.25) is 0 Å². The Morgan fingerprint density at radius 2 is 1.65 bits per heavy atom. The van der Waals surface area contributed by atoms with E-state index in [1.54, 1.807) is 12.1 Å². The molecule has 0 aromatic heterocycles. The number of benzene rings is 2. The molecule has 0 unspecified atom stereocenters. The molecule has 0 saturated carbocycles. The van der Waals surface area contributed by atoms with Crippen molar-refractivity contribution in [2.24, 2.45) is 0 Å². The van der Waals surface area contributed by atoms with Crippen LogP contribution in [0.3, 0.4) is 0 Å². The molecule has 0 saturated heterocycles. The minimum Gasteiger partial charge on any atom is -0.451 e. The lowest BCUT2D eigenvalue weighted by atomic mass is 10.2. The maximum absolute atomic E-state index is 13.5. The van der Waals surface area contributed by atoms with Gasteiger partial charge in [-0.3, -0.25) is 0 Å². The van der Waals surface area contributed by atoms with Gasteiger partial charge < -0.3 is 4.74 Å². The standard InChI is InChI=1S/C13H9ClF2O/c14-8-9-4-3-6-11(16)13(9)17-12-7-2-1-5-10(12)15/h1-7H,8H2. The Balaban J connectivity index is 2.39. The first kappa shape index (κ1) is 11.9. The fraction of sp³-hybridized carbons (Fsp3) is 0.0769. The molecule has 2 rings (SSSR count). The zero-order valence-electron chi connectivity index (χ0n) is 8.79. The van der Waals surface area contributed by atoms with Crippen LogP contribution in [0.4, 0.5) is 8.78 Å². The van der Waals surface area contributed by atoms with E-state index in [1.807, 2.05) is 0 Å². The van der Waals surface area contributed by atoms with Gasteiger partial charge in [0.25, 0.3) is 0 Å². The lowest BCUT2D eigenvalue weighted by Gasteiger charge is -2.10. The van der Waals surface area contributed by atoms with E-state index in [4.69, 9.17) is 16.3 Å². The van der Waals surface area contributed by atoms with Crippen molar-refractivity contribution in [3.8, 4) is 11.5 Å². The molecule has 0 fully saturated rings. The maximum atomic E-state index is 13.5. The van der Waals surface area contributed by atoms with Crippen LogP contribution >= 0.6 is 11.6 Å². The Kier molecular flexibility index (Phi) is 3.59. The van der Waals surface area contributed by atoms with Gasteiger partial charge in [-0.15, -0.1) is 11.6 Å². The van der Waals surface area contributed by atoms with Crippen molar-refractivity contribution in [1.82, 2.24) is 0 Å². The summed E-state index contributed by atoms with van der Waals surface area (Å²) in [7, 11) is 0. The summed E-state index contributed by atoms with van der Waals surface area (Å²) >= 11 is 5.67. The molecule has 4 heteroatoms. The molecule has 88 valence electrons. The fourth-order valence-electron chi connectivity index (χ4n) is 1.41. The van der Waals surface area contributed by atoms with Crippen molar-refractivity contribution in [3.63, 3.8) is 0 Å². The molecule has 0 spiro atoms. The van der Waals surface area contributed by atoms with Gasteiger partial charge in [-0.25, -0.2) is 8.78 Å². The molecule has 0 atom stereocenters. The fourth-order valence-corrected chi connectivity index (χ4v) is 1.62. The number of rotatable bonds is 3. The van der Waals surface area contributed by atoms with Gasteiger partial charge in [0.15, 0.2) is 23.1 Å². The highest BCUT2D eigenvalue weighted by Gasteiger charge is 2.12. The van der Waals surface area contributed by atoms with E-state index in [9.17, 15) is 8.78 Å². The molecule has 0 bridgehead atoms. The second-order valence-corrected chi connectivity index (χ2v) is 3.66. The molecule has 0 N–H and O–H groups in total. The van der Waals surface area contributed by atoms with Crippen LogP contribution in [0.25, 0.3) is 0 Å². The molecule has 17 heavy (non-hydrogen) atoms. The summed E-state index contributed by atoms with van der Waals surface area (Å²) in [6, 6.07) is 10.2. The number of hydrogen-bond acceptors (Lipinski definition) is 1. The van der Waals surface area contributed by atoms with Gasteiger partial charge in [-0.1, -0.05) is 24.3 Å². The van der Waals surface area contributed by atoms with Crippen molar-refractivity contribution in [2.75, 3.05) is 0 Å². The third-order valence-corrected chi connectivity index (χ3v) is 2.53. The first-order chi connectivity index (χ1) is 8.22. The van der Waals surface area contributed by atoms with Crippen LogP contribution in [-0.4, -0.2) is 0 Å². The van der Waals surface area contributed by atoms with Gasteiger partial charge in [-0.05, 0) is 18.2 Å². The number of alkyl halides is 1. The molecule has 2 aromatic carbocycles. The zero-order valence-corrected chi connectivity index (χ0v) is 9.55. The average molecular weight is 255 g/mol. The Labute approximate surface area is 103 Å². The van der Waals surface area contributed by atoms with E-state index in [1.165, 1.54) is 30.3 Å². The number of para-hydroxylation sites is 2. The van der Waals surface area contributed by atoms with Crippen molar-refractivity contribution in [1.29, 1.82) is 0 Å². The van der Waals surface area contributed by atoms with E-state index in [-0.39, 0.29) is 17.4 Å². The number of hydrogen-bond donors (Lipinski definition) is 0. The van der Waals surface area contributed by atoms with Crippen LogP contribution in [0.15, 0.2) is 42.5 Å². The van der Waals surface area contributed by atoms with Crippen molar-refractivity contribution in [2.45, 2.75) is 5.88 Å². The highest BCUT2D eigenvalue weighted by molar-refractivity contribution is 6.17. The smallest absolute Gasteiger partial charge is 0.167 e. The van der Waals surface area contributed by atoms with E-state index >= 15 is 0 Å². The summed E-state index contributed by atoms with van der Waals surface area (Å²) in [6.45, 7) is 0. The Hall–Kier alpha value is -1.61. The van der Waals surface area contributed by atoms with Gasteiger partial charge in [0.05, 0.1) is 5.88 Å². The summed E-state index contributed by atoms with van der Waals surface area (Å²) in [5.41, 5.74) is 0.481. The van der Waals surface area contributed by atoms with Crippen molar-refractivity contribution >= 4 is 11.6 Å². The van der Waals surface area contributed by atoms with E-state index < -0.39 is 11.6 Å². The van der Waals surface area contributed by atoms with Gasteiger partial charge >= 0.3 is 0 Å². The van der Waals surface area contributed by atoms with Crippen LogP contribution in [0, 0.1) is 11.6 Å². The highest BCUT2D eigenvalue weighted by Crippen LogP contribution is 2.30. The summed E-state index contributed by atoms with van der Waals surface area (Å²) in [4.78, 5) is 0. The van der Waals surface area contributed by atoms with Gasteiger partial charge in [-0.2, -0.15) is 0 Å². The predicted octanol–water partition coefficient (Wildman–Crippen LogP) is 4.50. The topological polar surface area (TPSA) is 9.23 Å². The summed E-state index contributed by atoms with van der Waals surface area (Å²) in [5.74, 6) is -1.07. The Morgan fingerprint density at radius 3 is 2.35 bits per heavy atom. The monoisotopic (exact) mass is 254 g/mol. The van der Waals surface area contributed by atoms with Crippen molar-refractivity contribution < 1.29 is 13.5 Å². The highest BCUT2D eigenvalue weighted by atomic mass is 35.5. The van der Waals surface area contributed by atoms with Crippen LogP contribution in [-0.2, 0) is 5.88 Å². The first-order valence-electron chi connectivity index (χ1n) is 4.98. The van der Waals surface area contributed by atoms with Crippen LogP contribution < -0.4 is 4.74 Å². The third kappa shape index (κ3) is 2.56. The minimum atomic E-state index is -0.564. The zero-order chi connectivity index (χ0) is 12.3. The minimum absolute atomic E-state index is 0.0241.